The first-order valence-corrected chi connectivity index (χ1v) is 13.9. The molecule has 0 bridgehead atoms. The zero-order valence-corrected chi connectivity index (χ0v) is 22.3. The van der Waals surface area contributed by atoms with Gasteiger partial charge in [0.2, 0.25) is 0 Å². The van der Waals surface area contributed by atoms with E-state index in [4.69, 9.17) is 4.98 Å². The van der Waals surface area contributed by atoms with Crippen LogP contribution in [-0.2, 0) is 13.0 Å². The number of rotatable bonds is 10. The maximum atomic E-state index is 11.2. The summed E-state index contributed by atoms with van der Waals surface area (Å²) in [6.45, 7) is 9.89. The fourth-order valence-corrected chi connectivity index (χ4v) is 5.73. The zero-order chi connectivity index (χ0) is 25.6. The molecule has 0 radical (unpaired) electrons. The second-order valence-corrected chi connectivity index (χ2v) is 10.3. The Morgan fingerprint density at radius 3 is 2.03 bits per heavy atom. The first-order chi connectivity index (χ1) is 18.2. The van der Waals surface area contributed by atoms with Crippen molar-refractivity contribution in [1.29, 1.82) is 0 Å². The highest BCUT2D eigenvalue weighted by molar-refractivity contribution is 5.77. The predicted molar refractivity (Wildman–Crippen MR) is 152 cm³/mol. The van der Waals surface area contributed by atoms with E-state index in [0.717, 1.165) is 68.9 Å². The molecule has 1 N–H and O–H groups in total. The van der Waals surface area contributed by atoms with Crippen LogP contribution in [0.2, 0.25) is 0 Å². The second-order valence-electron chi connectivity index (χ2n) is 10.3. The normalized spacial score (nSPS) is 16.0. The Hall–Kier alpha value is -2.99. The molecule has 0 amide bonds. The first-order valence-electron chi connectivity index (χ1n) is 13.9. The quantitative estimate of drug-likeness (QED) is 0.300. The fraction of sp³-hybridized carbons (Fsp3) is 0.406. The second kappa shape index (κ2) is 12.0. The van der Waals surface area contributed by atoms with Crippen LogP contribution in [0, 0.1) is 0 Å². The third-order valence-corrected chi connectivity index (χ3v) is 7.59. The number of aliphatic hydroxyl groups excluding tert-OH is 1. The standard InChI is InChI=1S/C32H40N4O/c1-3-11-31-33-28-23-27(16-17-29(28)36(31)18-4-2)30(37)24-34-19-21-35(22-20-34)32(25-12-7-5-8-13-25)26-14-9-6-10-15-26/h5-10,12-17,23,30,32,37H,3-4,11,18-22,24H2,1-2H3. The molecule has 37 heavy (non-hydrogen) atoms. The largest absolute Gasteiger partial charge is 0.387 e. The average Bonchev–Trinajstić information content (AvgIpc) is 3.27. The smallest absolute Gasteiger partial charge is 0.109 e. The van der Waals surface area contributed by atoms with Crippen LogP contribution in [0.25, 0.3) is 11.0 Å². The highest BCUT2D eigenvalue weighted by Gasteiger charge is 2.27. The predicted octanol–water partition coefficient (Wildman–Crippen LogP) is 5.84. The van der Waals surface area contributed by atoms with E-state index in [1.807, 2.05) is 0 Å². The number of fused-ring (bicyclic) bond motifs is 1. The van der Waals surface area contributed by atoms with Crippen LogP contribution in [0.5, 0.6) is 0 Å². The third kappa shape index (κ3) is 5.80. The molecule has 0 aliphatic carbocycles. The van der Waals surface area contributed by atoms with Crippen molar-refractivity contribution in [3.05, 3.63) is 101 Å². The Labute approximate surface area is 221 Å². The minimum absolute atomic E-state index is 0.257. The van der Waals surface area contributed by atoms with Gasteiger partial charge in [-0.25, -0.2) is 4.98 Å². The molecular formula is C32H40N4O. The van der Waals surface area contributed by atoms with Crippen LogP contribution in [0.15, 0.2) is 78.9 Å². The van der Waals surface area contributed by atoms with Crippen molar-refractivity contribution in [3.8, 4) is 0 Å². The molecular weight excluding hydrogens is 456 g/mol. The highest BCUT2D eigenvalue weighted by Crippen LogP contribution is 2.30. The van der Waals surface area contributed by atoms with Gasteiger partial charge >= 0.3 is 0 Å². The monoisotopic (exact) mass is 496 g/mol. The number of nitrogens with zero attached hydrogens (tertiary/aromatic N) is 4. The SMILES string of the molecule is CCCc1nc2cc(C(O)CN3CCN(C(c4ccccc4)c4ccccc4)CC3)ccc2n1CCC. The summed E-state index contributed by atoms with van der Waals surface area (Å²) in [7, 11) is 0. The van der Waals surface area contributed by atoms with Gasteiger partial charge in [-0.1, -0.05) is 80.6 Å². The van der Waals surface area contributed by atoms with Crippen molar-refractivity contribution in [2.24, 2.45) is 0 Å². The highest BCUT2D eigenvalue weighted by atomic mass is 16.3. The van der Waals surface area contributed by atoms with Crippen LogP contribution in [0.3, 0.4) is 0 Å². The molecule has 5 heteroatoms. The van der Waals surface area contributed by atoms with E-state index in [9.17, 15) is 5.11 Å². The minimum atomic E-state index is -0.513. The third-order valence-electron chi connectivity index (χ3n) is 7.59. The van der Waals surface area contributed by atoms with Gasteiger partial charge in [-0.05, 0) is 41.7 Å². The molecule has 0 spiro atoms. The Morgan fingerprint density at radius 1 is 0.784 bits per heavy atom. The van der Waals surface area contributed by atoms with Gasteiger partial charge in [-0.15, -0.1) is 0 Å². The van der Waals surface area contributed by atoms with Crippen LogP contribution >= 0.6 is 0 Å². The first kappa shape index (κ1) is 25.7. The lowest BCUT2D eigenvalue weighted by Gasteiger charge is -2.40. The van der Waals surface area contributed by atoms with E-state index in [-0.39, 0.29) is 6.04 Å². The Balaban J connectivity index is 1.26. The molecule has 5 rings (SSSR count). The molecule has 4 aromatic rings. The Morgan fingerprint density at radius 2 is 1.43 bits per heavy atom. The van der Waals surface area contributed by atoms with Crippen LogP contribution < -0.4 is 0 Å². The zero-order valence-electron chi connectivity index (χ0n) is 22.3. The molecule has 1 aromatic heterocycles. The average molecular weight is 497 g/mol. The summed E-state index contributed by atoms with van der Waals surface area (Å²) in [5.41, 5.74) is 5.82. The van der Waals surface area contributed by atoms with Crippen LogP contribution in [-0.4, -0.2) is 57.2 Å². The van der Waals surface area contributed by atoms with Crippen molar-refractivity contribution in [2.45, 2.75) is 51.8 Å². The number of hydrogen-bond acceptors (Lipinski definition) is 4. The number of piperazine rings is 1. The summed E-state index contributed by atoms with van der Waals surface area (Å²) >= 11 is 0. The summed E-state index contributed by atoms with van der Waals surface area (Å²) in [4.78, 5) is 9.91. The van der Waals surface area contributed by atoms with Crippen LogP contribution in [0.4, 0.5) is 0 Å². The molecule has 1 aliphatic rings. The minimum Gasteiger partial charge on any atom is -0.387 e. The van der Waals surface area contributed by atoms with Gasteiger partial charge in [0.05, 0.1) is 23.2 Å². The van der Waals surface area contributed by atoms with Crippen LogP contribution in [0.1, 0.15) is 61.3 Å². The number of benzene rings is 3. The number of β-amino-alcohol motifs (C(OH)–C–C–N with tert-alkyl or cyclic N) is 1. The van der Waals surface area contributed by atoms with Crippen molar-refractivity contribution >= 4 is 11.0 Å². The molecule has 1 unspecified atom stereocenters. The molecule has 1 aliphatic heterocycles. The number of imidazole rings is 1. The van der Waals surface area contributed by atoms with Gasteiger partial charge in [-0.2, -0.15) is 0 Å². The Bertz CT molecular complexity index is 1220. The summed E-state index contributed by atoms with van der Waals surface area (Å²) in [5, 5.41) is 11.2. The molecule has 1 fully saturated rings. The number of hydrogen-bond donors (Lipinski definition) is 1. The maximum absolute atomic E-state index is 11.2. The summed E-state index contributed by atoms with van der Waals surface area (Å²) in [6, 6.07) is 28.2. The van der Waals surface area contributed by atoms with Gasteiger partial charge in [0.1, 0.15) is 5.82 Å². The lowest BCUT2D eigenvalue weighted by atomic mass is 9.96. The number of aryl methyl sites for hydroxylation is 2. The van der Waals surface area contributed by atoms with Gasteiger partial charge in [-0.3, -0.25) is 9.80 Å². The van der Waals surface area contributed by atoms with Gasteiger partial charge in [0.15, 0.2) is 0 Å². The molecule has 1 atom stereocenters. The number of aromatic nitrogens is 2. The van der Waals surface area contributed by atoms with Crippen molar-refractivity contribution in [2.75, 3.05) is 32.7 Å². The van der Waals surface area contributed by atoms with E-state index in [1.165, 1.54) is 16.6 Å². The molecule has 194 valence electrons. The molecule has 0 saturated carbocycles. The molecule has 1 saturated heterocycles. The lowest BCUT2D eigenvalue weighted by molar-refractivity contribution is 0.0623. The van der Waals surface area contributed by atoms with E-state index >= 15 is 0 Å². The van der Waals surface area contributed by atoms with Gasteiger partial charge in [0.25, 0.3) is 0 Å². The maximum Gasteiger partial charge on any atom is 0.109 e. The summed E-state index contributed by atoms with van der Waals surface area (Å²) in [6.07, 6.45) is 2.66. The lowest BCUT2D eigenvalue weighted by Crippen LogP contribution is -2.48. The van der Waals surface area contributed by atoms with Crippen molar-refractivity contribution in [3.63, 3.8) is 0 Å². The summed E-state index contributed by atoms with van der Waals surface area (Å²) < 4.78 is 2.35. The molecule has 5 nitrogen and oxygen atoms in total. The van der Waals surface area contributed by atoms with E-state index < -0.39 is 6.10 Å². The van der Waals surface area contributed by atoms with E-state index in [1.54, 1.807) is 0 Å². The van der Waals surface area contributed by atoms with Crippen molar-refractivity contribution < 1.29 is 5.11 Å². The fourth-order valence-electron chi connectivity index (χ4n) is 5.73. The Kier molecular flexibility index (Phi) is 8.34. The summed E-state index contributed by atoms with van der Waals surface area (Å²) in [5.74, 6) is 1.16. The van der Waals surface area contributed by atoms with E-state index in [0.29, 0.717) is 6.54 Å². The van der Waals surface area contributed by atoms with Gasteiger partial charge < -0.3 is 9.67 Å². The topological polar surface area (TPSA) is 44.5 Å². The van der Waals surface area contributed by atoms with Gasteiger partial charge in [0, 0.05) is 45.7 Å². The number of aliphatic hydroxyl groups is 1. The van der Waals surface area contributed by atoms with E-state index in [2.05, 4.69) is 107 Å². The molecule has 3 aromatic carbocycles. The molecule has 2 heterocycles. The van der Waals surface area contributed by atoms with Crippen molar-refractivity contribution in [1.82, 2.24) is 19.4 Å².